The number of aromatic nitrogens is 1. The Morgan fingerprint density at radius 3 is 2.76 bits per heavy atom. The van der Waals surface area contributed by atoms with Crippen LogP contribution in [0.2, 0.25) is 10.0 Å². The van der Waals surface area contributed by atoms with Crippen LogP contribution in [0.1, 0.15) is 0 Å². The third kappa shape index (κ3) is 2.48. The quantitative estimate of drug-likeness (QED) is 0.671. The van der Waals surface area contributed by atoms with Crippen molar-refractivity contribution in [3.8, 4) is 11.5 Å². The summed E-state index contributed by atoms with van der Waals surface area (Å²) in [7, 11) is 0. The van der Waals surface area contributed by atoms with Crippen LogP contribution in [0.5, 0.6) is 11.5 Å². The molecule has 21 heavy (non-hydrogen) atoms. The summed E-state index contributed by atoms with van der Waals surface area (Å²) in [5.74, 6) is -0.404. The molecule has 1 aromatic heterocycles. The zero-order chi connectivity index (χ0) is 15.0. The molecule has 0 bridgehead atoms. The predicted molar refractivity (Wildman–Crippen MR) is 82.6 cm³/mol. The van der Waals surface area contributed by atoms with Gasteiger partial charge in [-0.05, 0) is 24.3 Å². The van der Waals surface area contributed by atoms with Gasteiger partial charge in [0, 0.05) is 23.3 Å². The van der Waals surface area contributed by atoms with Gasteiger partial charge in [-0.1, -0.05) is 29.3 Å². The zero-order valence-corrected chi connectivity index (χ0v) is 12.1. The molecule has 0 aliphatic rings. The topological polar surface area (TPSA) is 48.1 Å². The number of anilines is 1. The van der Waals surface area contributed by atoms with E-state index in [1.807, 2.05) is 0 Å². The van der Waals surface area contributed by atoms with Crippen molar-refractivity contribution in [2.24, 2.45) is 0 Å². The molecule has 3 aromatic rings. The number of rotatable bonds is 2. The van der Waals surface area contributed by atoms with Crippen LogP contribution in [0.3, 0.4) is 0 Å². The standard InChI is InChI=1S/C15H9Cl2FN2O/c16-9-4-1-5-12(13(9)17)21-15-10(18)7-11(19)8-3-2-6-20-14(8)15/h1-7H,19H2. The predicted octanol–water partition coefficient (Wildman–Crippen LogP) is 5.06. The van der Waals surface area contributed by atoms with Gasteiger partial charge < -0.3 is 10.5 Å². The number of ether oxygens (including phenoxy) is 1. The third-order valence-corrected chi connectivity index (χ3v) is 3.76. The second kappa shape index (κ2) is 5.39. The molecule has 3 rings (SSSR count). The number of pyridine rings is 1. The summed E-state index contributed by atoms with van der Waals surface area (Å²) in [6.45, 7) is 0. The van der Waals surface area contributed by atoms with Crippen LogP contribution in [0.4, 0.5) is 10.1 Å². The van der Waals surface area contributed by atoms with Crippen molar-refractivity contribution in [1.82, 2.24) is 4.98 Å². The molecule has 0 aliphatic heterocycles. The normalized spacial score (nSPS) is 10.8. The van der Waals surface area contributed by atoms with Gasteiger partial charge in [0.1, 0.15) is 16.3 Å². The van der Waals surface area contributed by atoms with E-state index in [9.17, 15) is 4.39 Å². The zero-order valence-electron chi connectivity index (χ0n) is 10.6. The molecule has 2 N–H and O–H groups in total. The molecule has 0 unspecified atom stereocenters. The van der Waals surface area contributed by atoms with E-state index in [2.05, 4.69) is 4.98 Å². The number of benzene rings is 2. The average molecular weight is 323 g/mol. The fraction of sp³-hybridized carbons (Fsp3) is 0. The van der Waals surface area contributed by atoms with E-state index in [1.54, 1.807) is 30.3 Å². The van der Waals surface area contributed by atoms with Crippen LogP contribution >= 0.6 is 23.2 Å². The molecular formula is C15H9Cl2FN2O. The first kappa shape index (κ1) is 13.9. The van der Waals surface area contributed by atoms with Gasteiger partial charge >= 0.3 is 0 Å². The minimum Gasteiger partial charge on any atom is -0.450 e. The van der Waals surface area contributed by atoms with Gasteiger partial charge in [0.2, 0.25) is 0 Å². The number of nitrogen functional groups attached to an aromatic ring is 1. The van der Waals surface area contributed by atoms with Crippen molar-refractivity contribution in [2.45, 2.75) is 0 Å². The van der Waals surface area contributed by atoms with Crippen LogP contribution in [-0.2, 0) is 0 Å². The van der Waals surface area contributed by atoms with Gasteiger partial charge in [-0.3, -0.25) is 4.98 Å². The maximum atomic E-state index is 14.2. The van der Waals surface area contributed by atoms with Crippen molar-refractivity contribution in [2.75, 3.05) is 5.73 Å². The summed E-state index contributed by atoms with van der Waals surface area (Å²) in [5, 5.41) is 1.13. The summed E-state index contributed by atoms with van der Waals surface area (Å²) >= 11 is 12.0. The first-order chi connectivity index (χ1) is 10.1. The van der Waals surface area contributed by atoms with Gasteiger partial charge in [-0.2, -0.15) is 0 Å². The Hall–Kier alpha value is -2.04. The van der Waals surface area contributed by atoms with E-state index in [0.717, 1.165) is 0 Å². The maximum absolute atomic E-state index is 14.2. The lowest BCUT2D eigenvalue weighted by Gasteiger charge is -2.12. The van der Waals surface area contributed by atoms with Gasteiger partial charge in [0.05, 0.1) is 5.02 Å². The van der Waals surface area contributed by atoms with Crippen molar-refractivity contribution >= 4 is 39.8 Å². The van der Waals surface area contributed by atoms with Gasteiger partial charge in [0.15, 0.2) is 11.6 Å². The molecule has 0 radical (unpaired) electrons. The molecule has 0 amide bonds. The van der Waals surface area contributed by atoms with Crippen molar-refractivity contribution in [3.63, 3.8) is 0 Å². The molecular weight excluding hydrogens is 314 g/mol. The summed E-state index contributed by atoms with van der Waals surface area (Å²) in [5.41, 5.74) is 6.41. The monoisotopic (exact) mass is 322 g/mol. The summed E-state index contributed by atoms with van der Waals surface area (Å²) in [6, 6.07) is 9.52. The van der Waals surface area contributed by atoms with Crippen LogP contribution in [0, 0.1) is 5.82 Å². The highest BCUT2D eigenvalue weighted by Gasteiger charge is 2.16. The first-order valence-corrected chi connectivity index (χ1v) is 6.78. The lowest BCUT2D eigenvalue weighted by molar-refractivity contribution is 0.447. The minimum atomic E-state index is -0.616. The highest BCUT2D eigenvalue weighted by Crippen LogP contribution is 2.39. The summed E-state index contributed by atoms with van der Waals surface area (Å²) in [6.07, 6.45) is 1.54. The highest BCUT2D eigenvalue weighted by atomic mass is 35.5. The van der Waals surface area contributed by atoms with Crippen molar-refractivity contribution < 1.29 is 9.13 Å². The summed E-state index contributed by atoms with van der Waals surface area (Å²) < 4.78 is 19.8. The van der Waals surface area contributed by atoms with Crippen LogP contribution < -0.4 is 10.5 Å². The van der Waals surface area contributed by atoms with Gasteiger partial charge in [-0.15, -0.1) is 0 Å². The minimum absolute atomic E-state index is 0.0380. The Labute approximate surface area is 130 Å². The first-order valence-electron chi connectivity index (χ1n) is 6.02. The van der Waals surface area contributed by atoms with Crippen LogP contribution in [0.25, 0.3) is 10.9 Å². The number of halogens is 3. The Morgan fingerprint density at radius 1 is 1.14 bits per heavy atom. The summed E-state index contributed by atoms with van der Waals surface area (Å²) in [4.78, 5) is 4.13. The molecule has 106 valence electrons. The van der Waals surface area contributed by atoms with E-state index < -0.39 is 5.82 Å². The van der Waals surface area contributed by atoms with Gasteiger partial charge in [0.25, 0.3) is 0 Å². The lowest BCUT2D eigenvalue weighted by Crippen LogP contribution is -1.96. The van der Waals surface area contributed by atoms with E-state index in [-0.39, 0.29) is 16.5 Å². The molecule has 2 aromatic carbocycles. The maximum Gasteiger partial charge on any atom is 0.189 e. The molecule has 6 heteroatoms. The number of nitrogens with two attached hydrogens (primary N) is 1. The Bertz CT molecular complexity index is 839. The van der Waals surface area contributed by atoms with Crippen molar-refractivity contribution in [1.29, 1.82) is 0 Å². The lowest BCUT2D eigenvalue weighted by atomic mass is 10.1. The van der Waals surface area contributed by atoms with Crippen LogP contribution in [0.15, 0.2) is 42.6 Å². The molecule has 0 saturated carbocycles. The van der Waals surface area contributed by atoms with E-state index in [1.165, 1.54) is 12.3 Å². The van der Waals surface area contributed by atoms with Gasteiger partial charge in [-0.25, -0.2) is 4.39 Å². The fourth-order valence-corrected chi connectivity index (χ4v) is 2.31. The number of hydrogen-bond acceptors (Lipinski definition) is 3. The fourth-order valence-electron chi connectivity index (χ4n) is 1.98. The van der Waals surface area contributed by atoms with E-state index >= 15 is 0 Å². The molecule has 3 nitrogen and oxygen atoms in total. The number of hydrogen-bond donors (Lipinski definition) is 1. The Balaban J connectivity index is 2.19. The molecule has 0 atom stereocenters. The Kier molecular flexibility index (Phi) is 3.57. The second-order valence-corrected chi connectivity index (χ2v) is 5.12. The highest BCUT2D eigenvalue weighted by molar-refractivity contribution is 6.42. The largest absolute Gasteiger partial charge is 0.450 e. The molecule has 1 heterocycles. The average Bonchev–Trinajstić information content (AvgIpc) is 2.47. The molecule has 0 saturated heterocycles. The second-order valence-electron chi connectivity index (χ2n) is 4.33. The molecule has 0 spiro atoms. The third-order valence-electron chi connectivity index (χ3n) is 2.96. The number of nitrogens with zero attached hydrogens (tertiary/aromatic N) is 1. The molecule has 0 fully saturated rings. The van der Waals surface area contributed by atoms with Crippen LogP contribution in [-0.4, -0.2) is 4.98 Å². The number of fused-ring (bicyclic) bond motifs is 1. The van der Waals surface area contributed by atoms with Crippen molar-refractivity contribution in [3.05, 3.63) is 58.5 Å². The smallest absolute Gasteiger partial charge is 0.189 e. The SMILES string of the molecule is Nc1cc(F)c(Oc2cccc(Cl)c2Cl)c2ncccc12. The van der Waals surface area contributed by atoms with E-state index in [4.69, 9.17) is 33.7 Å². The Morgan fingerprint density at radius 2 is 1.95 bits per heavy atom. The van der Waals surface area contributed by atoms with E-state index in [0.29, 0.717) is 21.6 Å². The molecule has 0 aliphatic carbocycles.